The Morgan fingerprint density at radius 3 is 2.48 bits per heavy atom. The molecule has 0 N–H and O–H groups in total. The molecular formula is C25H26ClNO4. The molecule has 2 aromatic carbocycles. The highest BCUT2D eigenvalue weighted by Crippen LogP contribution is 2.31. The monoisotopic (exact) mass is 439 g/mol. The van der Waals surface area contributed by atoms with Gasteiger partial charge in [-0.05, 0) is 68.8 Å². The van der Waals surface area contributed by atoms with Crippen LogP contribution < -0.4 is 4.74 Å². The Kier molecular flexibility index (Phi) is 5.96. The lowest BCUT2D eigenvalue weighted by Crippen LogP contribution is -2.39. The number of ether oxygens (including phenoxy) is 2. The molecular weight excluding hydrogens is 414 g/mol. The van der Waals surface area contributed by atoms with E-state index in [-0.39, 0.29) is 6.09 Å². The number of furan rings is 1. The summed E-state index contributed by atoms with van der Waals surface area (Å²) in [6.45, 7) is 7.19. The number of nitrogens with zero attached hydrogens (tertiary/aromatic N) is 1. The molecule has 1 amide bonds. The van der Waals surface area contributed by atoms with E-state index in [0.29, 0.717) is 31.1 Å². The van der Waals surface area contributed by atoms with E-state index in [4.69, 9.17) is 25.5 Å². The lowest BCUT2D eigenvalue weighted by Gasteiger charge is -2.29. The average Bonchev–Trinajstić information content (AvgIpc) is 3.16. The number of rotatable bonds is 4. The number of carbonyl (C=O) groups is 1. The molecule has 6 heteroatoms. The number of hydrogen-bond acceptors (Lipinski definition) is 4. The first-order valence-electron chi connectivity index (χ1n) is 10.3. The Morgan fingerprint density at radius 1 is 1.10 bits per heavy atom. The molecule has 0 saturated heterocycles. The van der Waals surface area contributed by atoms with Gasteiger partial charge in [0, 0.05) is 29.1 Å². The van der Waals surface area contributed by atoms with Gasteiger partial charge in [-0.1, -0.05) is 23.7 Å². The molecule has 0 aliphatic carbocycles. The molecule has 0 radical (unpaired) electrons. The molecule has 0 bridgehead atoms. The Balaban J connectivity index is 1.40. The zero-order valence-electron chi connectivity index (χ0n) is 18.0. The SMILES string of the molecule is CC(C)(C)OC(=O)N1CCc2oc(-c3ccc(OCc4ccc(Cl)cc4)cc3)cc2C1. The molecule has 4 rings (SSSR count). The molecule has 2 heterocycles. The van der Waals surface area contributed by atoms with Crippen LogP contribution in [-0.2, 0) is 24.3 Å². The fourth-order valence-electron chi connectivity index (χ4n) is 3.42. The largest absolute Gasteiger partial charge is 0.489 e. The van der Waals surface area contributed by atoms with Crippen molar-refractivity contribution in [2.24, 2.45) is 0 Å². The highest BCUT2D eigenvalue weighted by molar-refractivity contribution is 6.30. The Bertz CT molecular complexity index is 1050. The first-order valence-corrected chi connectivity index (χ1v) is 10.7. The summed E-state index contributed by atoms with van der Waals surface area (Å²) in [5.41, 5.74) is 2.55. The van der Waals surface area contributed by atoms with Gasteiger partial charge in [-0.15, -0.1) is 0 Å². The Hall–Kier alpha value is -2.92. The summed E-state index contributed by atoms with van der Waals surface area (Å²) in [4.78, 5) is 14.1. The third kappa shape index (κ3) is 5.42. The number of halogens is 1. The van der Waals surface area contributed by atoms with Crippen LogP contribution in [0.25, 0.3) is 11.3 Å². The van der Waals surface area contributed by atoms with Crippen LogP contribution in [-0.4, -0.2) is 23.1 Å². The maximum Gasteiger partial charge on any atom is 0.410 e. The van der Waals surface area contributed by atoms with Crippen molar-refractivity contribution in [3.63, 3.8) is 0 Å². The lowest BCUT2D eigenvalue weighted by atomic mass is 10.1. The summed E-state index contributed by atoms with van der Waals surface area (Å²) in [5.74, 6) is 2.50. The van der Waals surface area contributed by atoms with E-state index in [2.05, 4.69) is 0 Å². The van der Waals surface area contributed by atoms with Crippen LogP contribution in [0, 0.1) is 0 Å². The van der Waals surface area contributed by atoms with Crippen molar-refractivity contribution in [1.82, 2.24) is 4.90 Å². The predicted octanol–water partition coefficient (Wildman–Crippen LogP) is 6.47. The molecule has 162 valence electrons. The van der Waals surface area contributed by atoms with Crippen LogP contribution >= 0.6 is 11.6 Å². The number of amides is 1. The first kappa shape index (κ1) is 21.3. The minimum Gasteiger partial charge on any atom is -0.489 e. The van der Waals surface area contributed by atoms with E-state index in [1.54, 1.807) is 4.90 Å². The summed E-state index contributed by atoms with van der Waals surface area (Å²) in [6.07, 6.45) is 0.389. The quantitative estimate of drug-likeness (QED) is 0.467. The van der Waals surface area contributed by atoms with Gasteiger partial charge in [0.15, 0.2) is 0 Å². The molecule has 0 saturated carbocycles. The number of fused-ring (bicyclic) bond motifs is 1. The average molecular weight is 440 g/mol. The fourth-order valence-corrected chi connectivity index (χ4v) is 3.55. The summed E-state index contributed by atoms with van der Waals surface area (Å²) in [6, 6.07) is 17.4. The number of benzene rings is 2. The van der Waals surface area contributed by atoms with Gasteiger partial charge >= 0.3 is 6.09 Å². The van der Waals surface area contributed by atoms with E-state index < -0.39 is 5.60 Å². The number of hydrogen-bond donors (Lipinski definition) is 0. The van der Waals surface area contributed by atoms with Gasteiger partial charge in [-0.2, -0.15) is 0 Å². The second kappa shape index (κ2) is 8.67. The summed E-state index contributed by atoms with van der Waals surface area (Å²) >= 11 is 5.92. The second-order valence-electron chi connectivity index (χ2n) is 8.65. The third-order valence-corrected chi connectivity index (χ3v) is 5.23. The molecule has 0 atom stereocenters. The highest BCUT2D eigenvalue weighted by atomic mass is 35.5. The molecule has 1 aromatic heterocycles. The van der Waals surface area contributed by atoms with Crippen LogP contribution in [0.3, 0.4) is 0 Å². The van der Waals surface area contributed by atoms with Gasteiger partial charge in [0.25, 0.3) is 0 Å². The lowest BCUT2D eigenvalue weighted by molar-refractivity contribution is 0.0219. The minimum atomic E-state index is -0.504. The summed E-state index contributed by atoms with van der Waals surface area (Å²) in [7, 11) is 0. The molecule has 0 fully saturated rings. The molecule has 5 nitrogen and oxygen atoms in total. The third-order valence-electron chi connectivity index (χ3n) is 4.98. The normalized spacial score (nSPS) is 13.6. The predicted molar refractivity (Wildman–Crippen MR) is 120 cm³/mol. The van der Waals surface area contributed by atoms with E-state index in [9.17, 15) is 4.79 Å². The van der Waals surface area contributed by atoms with E-state index in [0.717, 1.165) is 34.0 Å². The minimum absolute atomic E-state index is 0.289. The van der Waals surface area contributed by atoms with Gasteiger partial charge in [0.2, 0.25) is 0 Å². The zero-order chi connectivity index (χ0) is 22.0. The second-order valence-corrected chi connectivity index (χ2v) is 9.09. The van der Waals surface area contributed by atoms with Gasteiger partial charge < -0.3 is 18.8 Å². The molecule has 1 aliphatic heterocycles. The molecule has 3 aromatic rings. The van der Waals surface area contributed by atoms with Crippen LogP contribution in [0.15, 0.2) is 59.0 Å². The topological polar surface area (TPSA) is 51.9 Å². The van der Waals surface area contributed by atoms with E-state index in [1.165, 1.54) is 0 Å². The van der Waals surface area contributed by atoms with Crippen molar-refractivity contribution in [3.8, 4) is 17.1 Å². The molecule has 31 heavy (non-hydrogen) atoms. The molecule has 0 spiro atoms. The van der Waals surface area contributed by atoms with Crippen LogP contribution in [0.4, 0.5) is 4.79 Å². The Labute approximate surface area is 187 Å². The van der Waals surface area contributed by atoms with E-state index >= 15 is 0 Å². The van der Waals surface area contributed by atoms with Gasteiger partial charge in [-0.3, -0.25) is 0 Å². The van der Waals surface area contributed by atoms with Crippen molar-refractivity contribution >= 4 is 17.7 Å². The van der Waals surface area contributed by atoms with Crippen LogP contribution in [0.2, 0.25) is 5.02 Å². The van der Waals surface area contributed by atoms with Gasteiger partial charge in [0.1, 0.15) is 29.5 Å². The van der Waals surface area contributed by atoms with Gasteiger partial charge in [-0.25, -0.2) is 4.79 Å². The maximum atomic E-state index is 12.4. The van der Waals surface area contributed by atoms with Crippen molar-refractivity contribution < 1.29 is 18.7 Å². The maximum absolute atomic E-state index is 12.4. The standard InChI is InChI=1S/C25H26ClNO4/c1-25(2,3)31-24(28)27-13-12-22-19(15-27)14-23(30-22)18-6-10-21(11-7-18)29-16-17-4-8-20(26)9-5-17/h4-11,14H,12-13,15-16H2,1-3H3. The molecule has 0 unspecified atom stereocenters. The van der Waals surface area contributed by atoms with Crippen LogP contribution in [0.1, 0.15) is 37.7 Å². The van der Waals surface area contributed by atoms with Crippen molar-refractivity contribution in [3.05, 3.63) is 76.5 Å². The fraction of sp³-hybridized carbons (Fsp3) is 0.320. The summed E-state index contributed by atoms with van der Waals surface area (Å²) in [5, 5.41) is 0.712. The Morgan fingerprint density at radius 2 is 1.81 bits per heavy atom. The van der Waals surface area contributed by atoms with Crippen molar-refractivity contribution in [2.45, 2.75) is 45.9 Å². The van der Waals surface area contributed by atoms with Gasteiger partial charge in [0.05, 0.1) is 6.54 Å². The van der Waals surface area contributed by atoms with Crippen molar-refractivity contribution in [2.75, 3.05) is 6.54 Å². The van der Waals surface area contributed by atoms with Crippen LogP contribution in [0.5, 0.6) is 5.75 Å². The summed E-state index contributed by atoms with van der Waals surface area (Å²) < 4.78 is 17.4. The van der Waals surface area contributed by atoms with E-state index in [1.807, 2.05) is 75.4 Å². The number of carbonyl (C=O) groups excluding carboxylic acids is 1. The smallest absolute Gasteiger partial charge is 0.410 e. The zero-order valence-corrected chi connectivity index (χ0v) is 18.7. The highest BCUT2D eigenvalue weighted by Gasteiger charge is 2.28. The molecule has 1 aliphatic rings. The van der Waals surface area contributed by atoms with Crippen molar-refractivity contribution in [1.29, 1.82) is 0 Å². The first-order chi connectivity index (χ1) is 14.8.